The molecule has 2 nitrogen and oxygen atoms in total. The molecule has 0 radical (unpaired) electrons. The van der Waals surface area contributed by atoms with E-state index >= 15 is 0 Å². The molecule has 0 aliphatic rings. The van der Waals surface area contributed by atoms with Crippen LogP contribution in [0.4, 0.5) is 10.1 Å². The van der Waals surface area contributed by atoms with Crippen molar-refractivity contribution in [1.82, 2.24) is 0 Å². The SMILES string of the molecule is Cc1c(F)cc(C#N)cc1NCc1ccc(Br)cc1Cl. The van der Waals surface area contributed by atoms with Crippen molar-refractivity contribution in [3.63, 3.8) is 0 Å². The predicted molar refractivity (Wildman–Crippen MR) is 82.3 cm³/mol. The highest BCUT2D eigenvalue weighted by atomic mass is 79.9. The molecule has 0 atom stereocenters. The summed E-state index contributed by atoms with van der Waals surface area (Å²) in [5.74, 6) is -0.395. The number of hydrogen-bond acceptors (Lipinski definition) is 2. The van der Waals surface area contributed by atoms with Gasteiger partial charge in [0.05, 0.1) is 11.6 Å². The number of benzene rings is 2. The summed E-state index contributed by atoms with van der Waals surface area (Å²) in [6.07, 6.45) is 0. The number of halogens is 3. The van der Waals surface area contributed by atoms with Crippen LogP contribution < -0.4 is 5.32 Å². The van der Waals surface area contributed by atoms with Gasteiger partial charge in [-0.25, -0.2) is 4.39 Å². The van der Waals surface area contributed by atoms with Crippen molar-refractivity contribution in [2.75, 3.05) is 5.32 Å². The van der Waals surface area contributed by atoms with Crippen molar-refractivity contribution in [3.05, 3.63) is 62.3 Å². The van der Waals surface area contributed by atoms with Gasteiger partial charge >= 0.3 is 0 Å². The van der Waals surface area contributed by atoms with Crippen LogP contribution in [0.2, 0.25) is 5.02 Å². The molecule has 0 bridgehead atoms. The summed E-state index contributed by atoms with van der Waals surface area (Å²) in [5.41, 5.74) is 2.27. The van der Waals surface area contributed by atoms with E-state index in [1.54, 1.807) is 19.1 Å². The zero-order valence-corrected chi connectivity index (χ0v) is 13.0. The third-order valence-electron chi connectivity index (χ3n) is 2.96. The Labute approximate surface area is 130 Å². The van der Waals surface area contributed by atoms with Crippen LogP contribution in [-0.2, 0) is 6.54 Å². The van der Waals surface area contributed by atoms with Gasteiger partial charge in [0.1, 0.15) is 5.82 Å². The number of nitriles is 1. The fraction of sp³-hybridized carbons (Fsp3) is 0.133. The lowest BCUT2D eigenvalue weighted by Crippen LogP contribution is -2.03. The molecule has 0 heterocycles. The molecule has 0 aliphatic heterocycles. The van der Waals surface area contributed by atoms with E-state index in [1.807, 2.05) is 18.2 Å². The van der Waals surface area contributed by atoms with E-state index in [1.165, 1.54) is 6.07 Å². The fourth-order valence-electron chi connectivity index (χ4n) is 1.78. The Morgan fingerprint density at radius 3 is 2.75 bits per heavy atom. The van der Waals surface area contributed by atoms with Crippen LogP contribution in [0.3, 0.4) is 0 Å². The highest BCUT2D eigenvalue weighted by Crippen LogP contribution is 2.24. The second-order valence-electron chi connectivity index (χ2n) is 4.33. The quantitative estimate of drug-likeness (QED) is 0.839. The molecular formula is C15H11BrClFN2. The van der Waals surface area contributed by atoms with E-state index in [2.05, 4.69) is 21.2 Å². The van der Waals surface area contributed by atoms with Crippen molar-refractivity contribution in [2.24, 2.45) is 0 Å². The molecule has 0 unspecified atom stereocenters. The standard InChI is InChI=1S/C15H11BrClFN2/c1-9-14(18)4-10(7-19)5-15(9)20-8-11-2-3-12(16)6-13(11)17/h2-6,20H,8H2,1H3. The molecule has 0 aliphatic carbocycles. The number of rotatable bonds is 3. The normalized spacial score (nSPS) is 10.2. The van der Waals surface area contributed by atoms with Gasteiger partial charge in [-0.3, -0.25) is 0 Å². The van der Waals surface area contributed by atoms with E-state index in [4.69, 9.17) is 16.9 Å². The van der Waals surface area contributed by atoms with Crippen molar-refractivity contribution < 1.29 is 4.39 Å². The Bertz CT molecular complexity index is 695. The van der Waals surface area contributed by atoms with E-state index in [0.29, 0.717) is 22.8 Å². The predicted octanol–water partition coefficient (Wildman–Crippen LogP) is 5.03. The zero-order valence-electron chi connectivity index (χ0n) is 10.7. The molecule has 20 heavy (non-hydrogen) atoms. The molecule has 0 aromatic heterocycles. The van der Waals surface area contributed by atoms with Crippen molar-refractivity contribution >= 4 is 33.2 Å². The van der Waals surface area contributed by atoms with Crippen LogP contribution in [0.25, 0.3) is 0 Å². The molecule has 2 aromatic rings. The summed E-state index contributed by atoms with van der Waals surface area (Å²) in [4.78, 5) is 0. The maximum atomic E-state index is 13.7. The third kappa shape index (κ3) is 3.30. The van der Waals surface area contributed by atoms with Crippen LogP contribution in [0, 0.1) is 24.1 Å². The minimum atomic E-state index is -0.395. The van der Waals surface area contributed by atoms with Gasteiger partial charge in [-0.15, -0.1) is 0 Å². The van der Waals surface area contributed by atoms with Gasteiger partial charge in [-0.1, -0.05) is 33.6 Å². The highest BCUT2D eigenvalue weighted by Gasteiger charge is 2.08. The van der Waals surface area contributed by atoms with E-state index in [0.717, 1.165) is 10.0 Å². The van der Waals surface area contributed by atoms with E-state index < -0.39 is 5.82 Å². The summed E-state index contributed by atoms with van der Waals surface area (Å²) in [5, 5.41) is 12.6. The van der Waals surface area contributed by atoms with E-state index in [-0.39, 0.29) is 5.56 Å². The lowest BCUT2D eigenvalue weighted by Gasteiger charge is -2.12. The summed E-state index contributed by atoms with van der Waals surface area (Å²) < 4.78 is 14.6. The Hall–Kier alpha value is -1.57. The molecule has 5 heteroatoms. The first kappa shape index (κ1) is 14.8. The lowest BCUT2D eigenvalue weighted by molar-refractivity contribution is 0.618. The molecule has 2 aromatic carbocycles. The molecule has 2 rings (SSSR count). The number of hydrogen-bond donors (Lipinski definition) is 1. The first-order valence-corrected chi connectivity index (χ1v) is 7.06. The van der Waals surface area contributed by atoms with Crippen LogP contribution in [0.15, 0.2) is 34.8 Å². The third-order valence-corrected chi connectivity index (χ3v) is 3.80. The van der Waals surface area contributed by atoms with Crippen molar-refractivity contribution in [1.29, 1.82) is 5.26 Å². The van der Waals surface area contributed by atoms with Crippen LogP contribution in [-0.4, -0.2) is 0 Å². The Kier molecular flexibility index (Phi) is 4.64. The van der Waals surface area contributed by atoms with Crippen LogP contribution in [0.1, 0.15) is 16.7 Å². The zero-order chi connectivity index (χ0) is 14.7. The smallest absolute Gasteiger partial charge is 0.129 e. The fourth-order valence-corrected chi connectivity index (χ4v) is 2.52. The van der Waals surface area contributed by atoms with Gasteiger partial charge in [0.25, 0.3) is 0 Å². The number of anilines is 1. The van der Waals surface area contributed by atoms with Crippen LogP contribution >= 0.6 is 27.5 Å². The molecule has 0 fully saturated rings. The minimum Gasteiger partial charge on any atom is -0.381 e. The van der Waals surface area contributed by atoms with Gasteiger partial charge in [0, 0.05) is 27.3 Å². The Balaban J connectivity index is 2.23. The van der Waals surface area contributed by atoms with E-state index in [9.17, 15) is 4.39 Å². The maximum Gasteiger partial charge on any atom is 0.129 e. The van der Waals surface area contributed by atoms with Gasteiger partial charge in [0.2, 0.25) is 0 Å². The molecular weight excluding hydrogens is 343 g/mol. The average molecular weight is 354 g/mol. The molecule has 0 saturated carbocycles. The summed E-state index contributed by atoms with van der Waals surface area (Å²) in [7, 11) is 0. The van der Waals surface area contributed by atoms with Gasteiger partial charge in [-0.2, -0.15) is 5.26 Å². The second-order valence-corrected chi connectivity index (χ2v) is 5.65. The monoisotopic (exact) mass is 352 g/mol. The number of nitrogens with zero attached hydrogens (tertiary/aromatic N) is 1. The molecule has 0 amide bonds. The Morgan fingerprint density at radius 1 is 1.35 bits per heavy atom. The number of nitrogens with one attached hydrogen (secondary N) is 1. The molecule has 1 N–H and O–H groups in total. The maximum absolute atomic E-state index is 13.7. The van der Waals surface area contributed by atoms with Gasteiger partial charge in [0.15, 0.2) is 0 Å². The summed E-state index contributed by atoms with van der Waals surface area (Å²) >= 11 is 9.47. The van der Waals surface area contributed by atoms with Crippen molar-refractivity contribution in [2.45, 2.75) is 13.5 Å². The first-order chi connectivity index (χ1) is 9.51. The largest absolute Gasteiger partial charge is 0.381 e. The average Bonchev–Trinajstić information content (AvgIpc) is 2.41. The van der Waals surface area contributed by atoms with Gasteiger partial charge < -0.3 is 5.32 Å². The summed E-state index contributed by atoms with van der Waals surface area (Å²) in [6.45, 7) is 2.13. The van der Waals surface area contributed by atoms with Crippen molar-refractivity contribution in [3.8, 4) is 6.07 Å². The Morgan fingerprint density at radius 2 is 2.10 bits per heavy atom. The van der Waals surface area contributed by atoms with Crippen LogP contribution in [0.5, 0.6) is 0 Å². The molecule has 102 valence electrons. The topological polar surface area (TPSA) is 35.8 Å². The lowest BCUT2D eigenvalue weighted by atomic mass is 10.1. The first-order valence-electron chi connectivity index (χ1n) is 5.89. The summed E-state index contributed by atoms with van der Waals surface area (Å²) in [6, 6.07) is 10.4. The molecule has 0 spiro atoms. The minimum absolute atomic E-state index is 0.289. The molecule has 0 saturated heterocycles. The highest BCUT2D eigenvalue weighted by molar-refractivity contribution is 9.10. The second kappa shape index (κ2) is 6.25. The van der Waals surface area contributed by atoms with Gasteiger partial charge in [-0.05, 0) is 36.8 Å².